The monoisotopic (exact) mass is 371 g/mol. The molecule has 26 heavy (non-hydrogen) atoms. The number of benzene rings is 1. The van der Waals surface area contributed by atoms with Crippen molar-refractivity contribution in [2.45, 2.75) is 19.0 Å². The van der Waals surface area contributed by atoms with Crippen LogP contribution in [-0.2, 0) is 20.9 Å². The number of thiophene rings is 1. The van der Waals surface area contributed by atoms with Crippen LogP contribution in [0.3, 0.4) is 0 Å². The molecular weight excluding hydrogens is 354 g/mol. The largest absolute Gasteiger partial charge is 0.469 e. The summed E-state index contributed by atoms with van der Waals surface area (Å²) in [6.45, 7) is -0.0944. The molecule has 1 N–H and O–H groups in total. The van der Waals surface area contributed by atoms with Gasteiger partial charge in [-0.2, -0.15) is 4.80 Å². The minimum atomic E-state index is -0.452. The van der Waals surface area contributed by atoms with Crippen LogP contribution in [-0.4, -0.2) is 39.2 Å². The van der Waals surface area contributed by atoms with Gasteiger partial charge < -0.3 is 10.1 Å². The molecule has 1 aromatic carbocycles. The number of ether oxygens (including phenoxy) is 1. The van der Waals surface area contributed by atoms with Gasteiger partial charge in [-0.15, -0.1) is 21.5 Å². The third kappa shape index (κ3) is 4.51. The molecule has 0 radical (unpaired) electrons. The highest BCUT2D eigenvalue weighted by Gasteiger charge is 2.20. The summed E-state index contributed by atoms with van der Waals surface area (Å²) in [5.74, 6) is -0.263. The number of methoxy groups -OCH3 is 1. The van der Waals surface area contributed by atoms with Gasteiger partial charge in [0.25, 0.3) is 0 Å². The first-order chi connectivity index (χ1) is 12.7. The van der Waals surface area contributed by atoms with Crippen LogP contribution in [0.4, 0.5) is 0 Å². The predicted octanol–water partition coefficient (Wildman–Crippen LogP) is 1.82. The molecule has 1 unspecified atom stereocenters. The summed E-state index contributed by atoms with van der Waals surface area (Å²) >= 11 is 1.46. The van der Waals surface area contributed by atoms with E-state index in [0.29, 0.717) is 5.82 Å². The number of tetrazole rings is 1. The van der Waals surface area contributed by atoms with Gasteiger partial charge in [0.05, 0.1) is 19.6 Å². The summed E-state index contributed by atoms with van der Waals surface area (Å²) in [5, 5.41) is 16.8. The molecular formula is C17H17N5O3S. The summed E-state index contributed by atoms with van der Waals surface area (Å²) in [7, 11) is 1.32. The van der Waals surface area contributed by atoms with E-state index in [1.54, 1.807) is 0 Å². The van der Waals surface area contributed by atoms with E-state index in [-0.39, 0.29) is 18.9 Å². The zero-order chi connectivity index (χ0) is 18.4. The number of hydrogen-bond donors (Lipinski definition) is 1. The standard InChI is InChI=1S/C17H17N5O3S/c1-25-16(24)10-13(14-8-5-9-26-14)18-15(23)11-22-20-17(19-21-22)12-6-3-2-4-7-12/h2-9,13H,10-11H2,1H3,(H,18,23). The fourth-order valence-corrected chi connectivity index (χ4v) is 3.12. The highest BCUT2D eigenvalue weighted by molar-refractivity contribution is 7.10. The minimum absolute atomic E-state index is 0.0583. The van der Waals surface area contributed by atoms with Crippen molar-refractivity contribution in [3.8, 4) is 11.4 Å². The van der Waals surface area contributed by atoms with Crippen LogP contribution >= 0.6 is 11.3 Å². The van der Waals surface area contributed by atoms with Crippen LogP contribution in [0, 0.1) is 0 Å². The van der Waals surface area contributed by atoms with E-state index >= 15 is 0 Å². The average Bonchev–Trinajstić information content (AvgIpc) is 3.34. The van der Waals surface area contributed by atoms with E-state index in [4.69, 9.17) is 4.74 Å². The second-order valence-electron chi connectivity index (χ2n) is 5.43. The van der Waals surface area contributed by atoms with Crippen molar-refractivity contribution in [1.82, 2.24) is 25.5 Å². The summed E-state index contributed by atoms with van der Waals surface area (Å²) in [4.78, 5) is 26.1. The number of aromatic nitrogens is 4. The van der Waals surface area contributed by atoms with E-state index in [9.17, 15) is 9.59 Å². The number of amides is 1. The fourth-order valence-electron chi connectivity index (χ4n) is 2.34. The van der Waals surface area contributed by atoms with Crippen molar-refractivity contribution >= 4 is 23.2 Å². The van der Waals surface area contributed by atoms with Crippen molar-refractivity contribution in [3.63, 3.8) is 0 Å². The Hall–Kier alpha value is -3.07. The van der Waals surface area contributed by atoms with Crippen LogP contribution in [0.2, 0.25) is 0 Å². The number of carbonyl (C=O) groups excluding carboxylic acids is 2. The molecule has 1 amide bonds. The molecule has 3 aromatic rings. The Morgan fingerprint density at radius 1 is 1.23 bits per heavy atom. The number of carbonyl (C=O) groups is 2. The molecule has 0 spiro atoms. The lowest BCUT2D eigenvalue weighted by Gasteiger charge is -2.16. The molecule has 0 aliphatic carbocycles. The first kappa shape index (κ1) is 17.7. The molecule has 0 saturated carbocycles. The van der Waals surface area contributed by atoms with Gasteiger partial charge >= 0.3 is 5.97 Å². The Kier molecular flexibility index (Phi) is 5.69. The molecule has 0 fully saturated rings. The summed E-state index contributed by atoms with van der Waals surface area (Å²) < 4.78 is 4.71. The van der Waals surface area contributed by atoms with Crippen LogP contribution in [0.15, 0.2) is 47.8 Å². The summed E-state index contributed by atoms with van der Waals surface area (Å²) in [6, 6.07) is 12.7. The van der Waals surface area contributed by atoms with Crippen molar-refractivity contribution in [1.29, 1.82) is 0 Å². The molecule has 0 aliphatic heterocycles. The lowest BCUT2D eigenvalue weighted by molar-refractivity contribution is -0.141. The smallest absolute Gasteiger partial charge is 0.307 e. The Balaban J connectivity index is 1.65. The first-order valence-electron chi connectivity index (χ1n) is 7.88. The second kappa shape index (κ2) is 8.34. The van der Waals surface area contributed by atoms with Gasteiger partial charge in [0.15, 0.2) is 0 Å². The van der Waals surface area contributed by atoms with Gasteiger partial charge in [0.1, 0.15) is 6.54 Å². The molecule has 0 saturated heterocycles. The van der Waals surface area contributed by atoms with Crippen LogP contribution in [0.25, 0.3) is 11.4 Å². The first-order valence-corrected chi connectivity index (χ1v) is 8.76. The summed E-state index contributed by atoms with van der Waals surface area (Å²) in [6.07, 6.45) is 0.0583. The van der Waals surface area contributed by atoms with Crippen molar-refractivity contribution < 1.29 is 14.3 Å². The quantitative estimate of drug-likeness (QED) is 0.636. The zero-order valence-corrected chi connectivity index (χ0v) is 14.8. The van der Waals surface area contributed by atoms with E-state index in [1.165, 1.54) is 23.2 Å². The lowest BCUT2D eigenvalue weighted by atomic mass is 10.1. The highest BCUT2D eigenvalue weighted by atomic mass is 32.1. The maximum atomic E-state index is 12.3. The van der Waals surface area contributed by atoms with Gasteiger partial charge in [-0.1, -0.05) is 36.4 Å². The minimum Gasteiger partial charge on any atom is -0.469 e. The zero-order valence-electron chi connectivity index (χ0n) is 14.0. The number of nitrogens with zero attached hydrogens (tertiary/aromatic N) is 4. The molecule has 2 heterocycles. The Morgan fingerprint density at radius 3 is 2.73 bits per heavy atom. The maximum absolute atomic E-state index is 12.3. The number of hydrogen-bond acceptors (Lipinski definition) is 7. The molecule has 3 rings (SSSR count). The predicted molar refractivity (Wildman–Crippen MR) is 95.1 cm³/mol. The summed E-state index contributed by atoms with van der Waals surface area (Å²) in [5.41, 5.74) is 0.821. The highest BCUT2D eigenvalue weighted by Crippen LogP contribution is 2.22. The Bertz CT molecular complexity index is 864. The molecule has 9 heteroatoms. The van der Waals surface area contributed by atoms with Crippen LogP contribution in [0.5, 0.6) is 0 Å². The SMILES string of the molecule is COC(=O)CC(NC(=O)Cn1nnc(-c2ccccc2)n1)c1cccs1. The van der Waals surface area contributed by atoms with E-state index in [1.807, 2.05) is 47.8 Å². The molecule has 0 aliphatic rings. The molecule has 2 aromatic heterocycles. The fraction of sp³-hybridized carbons (Fsp3) is 0.235. The number of nitrogens with one attached hydrogen (secondary N) is 1. The van der Waals surface area contributed by atoms with E-state index in [0.717, 1.165) is 10.4 Å². The molecule has 0 bridgehead atoms. The Labute approximate surface area is 153 Å². The number of rotatable bonds is 7. The second-order valence-corrected chi connectivity index (χ2v) is 6.40. The molecule has 134 valence electrons. The van der Waals surface area contributed by atoms with Crippen molar-refractivity contribution in [2.75, 3.05) is 7.11 Å². The van der Waals surface area contributed by atoms with Crippen molar-refractivity contribution in [3.05, 3.63) is 52.7 Å². The van der Waals surface area contributed by atoms with Gasteiger partial charge in [-0.3, -0.25) is 9.59 Å². The van der Waals surface area contributed by atoms with Gasteiger partial charge in [0, 0.05) is 10.4 Å². The Morgan fingerprint density at radius 2 is 2.04 bits per heavy atom. The van der Waals surface area contributed by atoms with Gasteiger partial charge in [0.2, 0.25) is 11.7 Å². The van der Waals surface area contributed by atoms with Crippen LogP contribution in [0.1, 0.15) is 17.3 Å². The van der Waals surface area contributed by atoms with Gasteiger partial charge in [-0.05, 0) is 16.7 Å². The lowest BCUT2D eigenvalue weighted by Crippen LogP contribution is -2.33. The molecule has 8 nitrogen and oxygen atoms in total. The molecule has 1 atom stereocenters. The number of esters is 1. The van der Waals surface area contributed by atoms with Gasteiger partial charge in [-0.25, -0.2) is 0 Å². The third-order valence-electron chi connectivity index (χ3n) is 3.59. The van der Waals surface area contributed by atoms with Crippen molar-refractivity contribution in [2.24, 2.45) is 0 Å². The third-order valence-corrected chi connectivity index (χ3v) is 4.58. The normalized spacial score (nSPS) is 11.7. The van der Waals surface area contributed by atoms with Crippen LogP contribution < -0.4 is 5.32 Å². The maximum Gasteiger partial charge on any atom is 0.307 e. The van der Waals surface area contributed by atoms with E-state index in [2.05, 4.69) is 20.7 Å². The topological polar surface area (TPSA) is 99.0 Å². The average molecular weight is 371 g/mol. The van der Waals surface area contributed by atoms with E-state index < -0.39 is 12.0 Å².